The highest BCUT2D eigenvalue weighted by atomic mass is 19.1. The fourth-order valence-electron chi connectivity index (χ4n) is 2.76. The van der Waals surface area contributed by atoms with E-state index in [0.717, 1.165) is 22.6 Å². The van der Waals surface area contributed by atoms with Gasteiger partial charge in [0.15, 0.2) is 0 Å². The number of hydrogen-bond donors (Lipinski definition) is 0. The van der Waals surface area contributed by atoms with Gasteiger partial charge in [-0.3, -0.25) is 9.36 Å². The fraction of sp³-hybridized carbons (Fsp3) is 0.294. The van der Waals surface area contributed by atoms with Crippen LogP contribution in [0.25, 0.3) is 0 Å². The standard InChI is InChI=1S/C17H19FN4/c1-12-10-13(2)22(20-12)14(3)17-8-9-19-21(17)11-15-4-6-16(18)7-5-15/h4-10,14H,11H2,1-3H3. The number of aryl methyl sites for hydroxylation is 2. The van der Waals surface area contributed by atoms with E-state index < -0.39 is 0 Å². The third-order valence-electron chi connectivity index (χ3n) is 3.83. The first-order valence-corrected chi connectivity index (χ1v) is 7.33. The highest BCUT2D eigenvalue weighted by molar-refractivity contribution is 5.19. The lowest BCUT2D eigenvalue weighted by Crippen LogP contribution is -2.16. The molecular weight excluding hydrogens is 279 g/mol. The van der Waals surface area contributed by atoms with Gasteiger partial charge in [0, 0.05) is 11.9 Å². The molecule has 2 heterocycles. The molecule has 4 nitrogen and oxygen atoms in total. The van der Waals surface area contributed by atoms with Gasteiger partial charge in [-0.2, -0.15) is 10.2 Å². The highest BCUT2D eigenvalue weighted by Gasteiger charge is 2.16. The van der Waals surface area contributed by atoms with Crippen LogP contribution in [-0.4, -0.2) is 19.6 Å². The van der Waals surface area contributed by atoms with Gasteiger partial charge in [-0.05, 0) is 50.6 Å². The Morgan fingerprint density at radius 2 is 1.86 bits per heavy atom. The summed E-state index contributed by atoms with van der Waals surface area (Å²) in [5, 5.41) is 8.95. The van der Waals surface area contributed by atoms with E-state index in [-0.39, 0.29) is 11.9 Å². The van der Waals surface area contributed by atoms with E-state index in [0.29, 0.717) is 6.54 Å². The van der Waals surface area contributed by atoms with Crippen LogP contribution in [0.2, 0.25) is 0 Å². The van der Waals surface area contributed by atoms with Crippen molar-refractivity contribution in [1.29, 1.82) is 0 Å². The maximum atomic E-state index is 13.0. The molecule has 0 spiro atoms. The molecule has 0 saturated heterocycles. The molecule has 0 aliphatic carbocycles. The van der Waals surface area contributed by atoms with Crippen LogP contribution in [0, 0.1) is 19.7 Å². The van der Waals surface area contributed by atoms with E-state index in [9.17, 15) is 4.39 Å². The third kappa shape index (κ3) is 2.79. The van der Waals surface area contributed by atoms with Gasteiger partial charge >= 0.3 is 0 Å². The van der Waals surface area contributed by atoms with Crippen molar-refractivity contribution in [3.05, 3.63) is 71.1 Å². The Balaban J connectivity index is 1.88. The minimum Gasteiger partial charge on any atom is -0.263 e. The molecule has 114 valence electrons. The molecule has 0 saturated carbocycles. The predicted octanol–water partition coefficient (Wildman–Crippen LogP) is 3.49. The lowest BCUT2D eigenvalue weighted by molar-refractivity contribution is 0.496. The second kappa shape index (κ2) is 5.75. The van der Waals surface area contributed by atoms with Gasteiger partial charge in [0.1, 0.15) is 5.82 Å². The van der Waals surface area contributed by atoms with E-state index >= 15 is 0 Å². The van der Waals surface area contributed by atoms with Crippen LogP contribution in [0.4, 0.5) is 4.39 Å². The number of aromatic nitrogens is 4. The maximum absolute atomic E-state index is 13.0. The summed E-state index contributed by atoms with van der Waals surface area (Å²) in [7, 11) is 0. The first-order chi connectivity index (χ1) is 10.5. The Labute approximate surface area is 129 Å². The Bertz CT molecular complexity index is 770. The van der Waals surface area contributed by atoms with Gasteiger partial charge in [-0.1, -0.05) is 12.1 Å². The van der Waals surface area contributed by atoms with Gasteiger partial charge in [0.2, 0.25) is 0 Å². The van der Waals surface area contributed by atoms with Gasteiger partial charge in [0.05, 0.1) is 24.0 Å². The van der Waals surface area contributed by atoms with Gasteiger partial charge < -0.3 is 0 Å². The molecule has 0 bridgehead atoms. The summed E-state index contributed by atoms with van der Waals surface area (Å²) in [6.45, 7) is 6.77. The van der Waals surface area contributed by atoms with E-state index in [1.165, 1.54) is 12.1 Å². The van der Waals surface area contributed by atoms with Crippen LogP contribution >= 0.6 is 0 Å². The van der Waals surface area contributed by atoms with Gasteiger partial charge in [-0.15, -0.1) is 0 Å². The minimum absolute atomic E-state index is 0.0941. The quantitative estimate of drug-likeness (QED) is 0.739. The summed E-state index contributed by atoms with van der Waals surface area (Å²) in [5.41, 5.74) is 4.23. The summed E-state index contributed by atoms with van der Waals surface area (Å²) < 4.78 is 17.0. The summed E-state index contributed by atoms with van der Waals surface area (Å²) in [5.74, 6) is -0.222. The lowest BCUT2D eigenvalue weighted by Gasteiger charge is -2.16. The SMILES string of the molecule is Cc1cc(C)n(C(C)c2ccnn2Cc2ccc(F)cc2)n1. The van der Waals surface area contributed by atoms with Crippen LogP contribution in [0.15, 0.2) is 42.6 Å². The van der Waals surface area contributed by atoms with Crippen molar-refractivity contribution < 1.29 is 4.39 Å². The van der Waals surface area contributed by atoms with Crippen LogP contribution in [-0.2, 0) is 6.54 Å². The monoisotopic (exact) mass is 298 g/mol. The normalized spacial score (nSPS) is 12.5. The Hall–Kier alpha value is -2.43. The predicted molar refractivity (Wildman–Crippen MR) is 83.2 cm³/mol. The Morgan fingerprint density at radius 1 is 1.14 bits per heavy atom. The smallest absolute Gasteiger partial charge is 0.123 e. The highest BCUT2D eigenvalue weighted by Crippen LogP contribution is 2.20. The maximum Gasteiger partial charge on any atom is 0.123 e. The molecule has 3 rings (SSSR count). The van der Waals surface area contributed by atoms with Crippen molar-refractivity contribution in [2.45, 2.75) is 33.4 Å². The second-order valence-corrected chi connectivity index (χ2v) is 5.59. The van der Waals surface area contributed by atoms with Crippen molar-refractivity contribution in [3.8, 4) is 0 Å². The molecule has 0 radical (unpaired) electrons. The minimum atomic E-state index is -0.222. The van der Waals surface area contributed by atoms with E-state index in [1.54, 1.807) is 18.3 Å². The second-order valence-electron chi connectivity index (χ2n) is 5.59. The number of benzene rings is 1. The number of nitrogens with zero attached hydrogens (tertiary/aromatic N) is 4. The zero-order chi connectivity index (χ0) is 15.7. The van der Waals surface area contributed by atoms with Crippen molar-refractivity contribution in [3.63, 3.8) is 0 Å². The largest absolute Gasteiger partial charge is 0.263 e. The van der Waals surface area contributed by atoms with Crippen LogP contribution in [0.3, 0.4) is 0 Å². The van der Waals surface area contributed by atoms with Crippen molar-refractivity contribution >= 4 is 0 Å². The lowest BCUT2D eigenvalue weighted by atomic mass is 10.2. The van der Waals surface area contributed by atoms with E-state index in [2.05, 4.69) is 30.1 Å². The average Bonchev–Trinajstić information content (AvgIpc) is 3.07. The summed E-state index contributed by atoms with van der Waals surface area (Å²) in [4.78, 5) is 0. The third-order valence-corrected chi connectivity index (χ3v) is 3.83. The Kier molecular flexibility index (Phi) is 3.79. The molecule has 22 heavy (non-hydrogen) atoms. The molecule has 0 amide bonds. The first-order valence-electron chi connectivity index (χ1n) is 7.33. The van der Waals surface area contributed by atoms with Crippen LogP contribution in [0.1, 0.15) is 35.6 Å². The molecule has 0 aliphatic heterocycles. The van der Waals surface area contributed by atoms with Crippen molar-refractivity contribution in [2.24, 2.45) is 0 Å². The van der Waals surface area contributed by atoms with E-state index in [1.807, 2.05) is 22.4 Å². The molecule has 0 N–H and O–H groups in total. The summed E-state index contributed by atoms with van der Waals surface area (Å²) in [6, 6.07) is 10.7. The molecule has 1 unspecified atom stereocenters. The van der Waals surface area contributed by atoms with Crippen molar-refractivity contribution in [2.75, 3.05) is 0 Å². The number of halogens is 1. The Morgan fingerprint density at radius 3 is 2.50 bits per heavy atom. The number of hydrogen-bond acceptors (Lipinski definition) is 2. The summed E-state index contributed by atoms with van der Waals surface area (Å²) in [6.07, 6.45) is 1.79. The zero-order valence-electron chi connectivity index (χ0n) is 13.0. The molecule has 0 aliphatic rings. The molecule has 5 heteroatoms. The van der Waals surface area contributed by atoms with E-state index in [4.69, 9.17) is 0 Å². The molecule has 3 aromatic rings. The molecule has 0 fully saturated rings. The first kappa shape index (κ1) is 14.5. The number of rotatable bonds is 4. The van der Waals surface area contributed by atoms with Crippen LogP contribution in [0.5, 0.6) is 0 Å². The van der Waals surface area contributed by atoms with Gasteiger partial charge in [0.25, 0.3) is 0 Å². The van der Waals surface area contributed by atoms with Crippen LogP contribution < -0.4 is 0 Å². The molecule has 2 aromatic heterocycles. The zero-order valence-corrected chi connectivity index (χ0v) is 13.0. The average molecular weight is 298 g/mol. The van der Waals surface area contributed by atoms with Gasteiger partial charge in [-0.25, -0.2) is 4.39 Å². The molecular formula is C17H19FN4. The summed E-state index contributed by atoms with van der Waals surface area (Å²) >= 11 is 0. The van der Waals surface area contributed by atoms with Crippen molar-refractivity contribution in [1.82, 2.24) is 19.6 Å². The topological polar surface area (TPSA) is 35.6 Å². The molecule has 1 atom stereocenters. The molecule has 1 aromatic carbocycles. The fourth-order valence-corrected chi connectivity index (χ4v) is 2.76.